The maximum atomic E-state index is 13.0. The lowest BCUT2D eigenvalue weighted by atomic mass is 9.98. The molecule has 4 nitrogen and oxygen atoms in total. The van der Waals surface area contributed by atoms with Crippen molar-refractivity contribution in [3.05, 3.63) is 42.0 Å². The summed E-state index contributed by atoms with van der Waals surface area (Å²) in [6.07, 6.45) is -7.60. The lowest BCUT2D eigenvalue weighted by Gasteiger charge is -2.13. The van der Waals surface area contributed by atoms with E-state index < -0.39 is 50.1 Å². The highest BCUT2D eigenvalue weighted by Crippen LogP contribution is 2.25. The fraction of sp³-hybridized carbons (Fsp3) is 0.421. The molecule has 0 amide bonds. The summed E-state index contributed by atoms with van der Waals surface area (Å²) in [7, 11) is 2.18. The van der Waals surface area contributed by atoms with Crippen molar-refractivity contribution in [1.82, 2.24) is 0 Å². The van der Waals surface area contributed by atoms with Gasteiger partial charge in [0.1, 0.15) is 5.75 Å². The van der Waals surface area contributed by atoms with Crippen molar-refractivity contribution < 1.29 is 35.5 Å². The van der Waals surface area contributed by atoms with Crippen molar-refractivity contribution in [2.75, 3.05) is 27.3 Å². The molecule has 2 rings (SSSR count). The number of ether oxygens (including phenoxy) is 3. The van der Waals surface area contributed by atoms with Gasteiger partial charge in [-0.3, -0.25) is 4.79 Å². The van der Waals surface area contributed by atoms with Crippen molar-refractivity contribution >= 4 is 16.7 Å². The van der Waals surface area contributed by atoms with Gasteiger partial charge in [0.05, 0.1) is 25.0 Å². The number of hydrogen-bond donors (Lipinski definition) is 0. The highest BCUT2D eigenvalue weighted by Gasteiger charge is 2.17. The molecule has 0 saturated heterocycles. The van der Waals surface area contributed by atoms with Gasteiger partial charge in [0.2, 0.25) is 0 Å². The maximum absolute atomic E-state index is 13.0. The predicted molar refractivity (Wildman–Crippen MR) is 91.0 cm³/mol. The summed E-state index contributed by atoms with van der Waals surface area (Å²) in [6.45, 7) is -10.7. The SMILES string of the molecule is [2H]C([2H])(OC)C([2H])([2H])C([2H])([2H])C([2H])([2H])OC(=O)[C@]([2H])(c1ccc2cc(OC)ccc2c1)C([2H])([2H])[2H]. The lowest BCUT2D eigenvalue weighted by Crippen LogP contribution is -2.14. The largest absolute Gasteiger partial charge is 0.497 e. The van der Waals surface area contributed by atoms with Crippen molar-refractivity contribution in [2.45, 2.75) is 25.5 Å². The average Bonchev–Trinajstić information content (AvgIpc) is 2.76. The van der Waals surface area contributed by atoms with E-state index in [0.29, 0.717) is 16.5 Å². The van der Waals surface area contributed by atoms with Gasteiger partial charge < -0.3 is 14.2 Å². The van der Waals surface area contributed by atoms with Gasteiger partial charge in [0.25, 0.3) is 0 Å². The Bertz CT molecular complexity index is 1100. The smallest absolute Gasteiger partial charge is 0.313 e. The molecule has 0 N–H and O–H groups in total. The molecule has 0 spiro atoms. The van der Waals surface area contributed by atoms with E-state index in [1.54, 1.807) is 18.2 Å². The first-order valence-electron chi connectivity index (χ1n) is 12.6. The molecular weight excluding hydrogens is 292 g/mol. The standard InChI is InChI=1S/C19H24O4/c1-14(19(20)23-11-5-4-10-21-2)15-6-7-17-13-18(22-3)9-8-16(17)12-15/h6-9,12-14H,4-5,10-11H2,1-3H3/t14-/m0/s1/i1D3,4D2,5D2,10D2,11D2,14D. The minimum absolute atomic E-state index is 0.410. The Hall–Kier alpha value is -2.07. The summed E-state index contributed by atoms with van der Waals surface area (Å²) in [5.74, 6) is -4.76. The zero-order chi connectivity index (χ0) is 27.3. The molecule has 124 valence electrons. The van der Waals surface area contributed by atoms with E-state index in [1.807, 2.05) is 0 Å². The molecule has 0 heterocycles. The second kappa shape index (κ2) is 8.53. The van der Waals surface area contributed by atoms with E-state index in [9.17, 15) is 4.79 Å². The Balaban J connectivity index is 2.57. The fourth-order valence-electron chi connectivity index (χ4n) is 1.85. The summed E-state index contributed by atoms with van der Waals surface area (Å²) >= 11 is 0. The number of rotatable bonds is 8. The Morgan fingerprint density at radius 2 is 1.91 bits per heavy atom. The first-order chi connectivity index (χ1) is 15.7. The van der Waals surface area contributed by atoms with E-state index in [-0.39, 0.29) is 0 Å². The van der Waals surface area contributed by atoms with Crippen LogP contribution >= 0.6 is 0 Å². The Kier molecular flexibility index (Phi) is 2.68. The van der Waals surface area contributed by atoms with Gasteiger partial charge >= 0.3 is 5.97 Å². The van der Waals surface area contributed by atoms with Crippen LogP contribution < -0.4 is 4.74 Å². The van der Waals surface area contributed by atoms with E-state index >= 15 is 0 Å². The molecular formula is C19H24O4. The molecule has 0 aromatic heterocycles. The summed E-state index contributed by atoms with van der Waals surface area (Å²) in [4.78, 5) is 13.0. The van der Waals surface area contributed by atoms with Crippen molar-refractivity contribution in [2.24, 2.45) is 0 Å². The van der Waals surface area contributed by atoms with Crippen LogP contribution in [0.3, 0.4) is 0 Å². The van der Waals surface area contributed by atoms with Crippen LogP contribution in [0.15, 0.2) is 36.4 Å². The topological polar surface area (TPSA) is 44.8 Å². The lowest BCUT2D eigenvalue weighted by molar-refractivity contribution is -0.145. The van der Waals surface area contributed by atoms with Gasteiger partial charge in [0.15, 0.2) is 0 Å². The molecule has 0 aliphatic heterocycles. The van der Waals surface area contributed by atoms with Crippen molar-refractivity contribution in [3.63, 3.8) is 0 Å². The quantitative estimate of drug-likeness (QED) is 0.689. The van der Waals surface area contributed by atoms with Crippen LogP contribution in [0.1, 0.15) is 47.5 Å². The second-order valence-electron chi connectivity index (χ2n) is 4.35. The van der Waals surface area contributed by atoms with Gasteiger partial charge in [-0.2, -0.15) is 0 Å². The van der Waals surface area contributed by atoms with E-state index in [2.05, 4.69) is 9.47 Å². The van der Waals surface area contributed by atoms with Gasteiger partial charge in [0, 0.05) is 24.6 Å². The number of methoxy groups -OCH3 is 2. The molecule has 2 aromatic carbocycles. The van der Waals surface area contributed by atoms with Crippen LogP contribution in [0.4, 0.5) is 0 Å². The number of carbonyl (C=O) groups is 1. The first-order valence-corrected chi connectivity index (χ1v) is 6.56. The predicted octanol–water partition coefficient (Wildman–Crippen LogP) is 3.92. The molecule has 0 aliphatic rings. The summed E-state index contributed by atoms with van der Waals surface area (Å²) < 4.78 is 108. The maximum Gasteiger partial charge on any atom is 0.313 e. The molecule has 0 saturated carbocycles. The van der Waals surface area contributed by atoms with E-state index in [1.165, 1.54) is 19.2 Å². The molecule has 0 radical (unpaired) electrons. The van der Waals surface area contributed by atoms with Crippen LogP contribution in [0.25, 0.3) is 10.8 Å². The number of benzene rings is 2. The number of esters is 1. The Morgan fingerprint density at radius 3 is 2.65 bits per heavy atom. The Morgan fingerprint density at radius 1 is 1.17 bits per heavy atom. The van der Waals surface area contributed by atoms with Gasteiger partial charge in [-0.1, -0.05) is 24.3 Å². The molecule has 1 atom stereocenters. The summed E-state index contributed by atoms with van der Waals surface area (Å²) in [5, 5.41) is 0.996. The molecule has 0 unspecified atom stereocenters. The average molecular weight is 328 g/mol. The van der Waals surface area contributed by atoms with Gasteiger partial charge in [-0.05, 0) is 48.1 Å². The highest BCUT2D eigenvalue weighted by atomic mass is 16.5. The second-order valence-corrected chi connectivity index (χ2v) is 4.35. The van der Waals surface area contributed by atoms with E-state index in [4.69, 9.17) is 21.2 Å². The van der Waals surface area contributed by atoms with Crippen molar-refractivity contribution in [1.29, 1.82) is 0 Å². The van der Waals surface area contributed by atoms with Crippen LogP contribution in [0.5, 0.6) is 5.75 Å². The zero-order valence-corrected chi connectivity index (χ0v) is 12.6. The van der Waals surface area contributed by atoms with Crippen LogP contribution in [0, 0.1) is 0 Å². The number of carbonyl (C=O) groups excluding carboxylic acids is 1. The summed E-state index contributed by atoms with van der Waals surface area (Å²) in [5.41, 5.74) is -0.410. The monoisotopic (exact) mass is 328 g/mol. The molecule has 2 aromatic rings. The highest BCUT2D eigenvalue weighted by molar-refractivity contribution is 5.86. The van der Waals surface area contributed by atoms with Gasteiger partial charge in [-0.25, -0.2) is 0 Å². The van der Waals surface area contributed by atoms with Crippen LogP contribution in [-0.2, 0) is 14.3 Å². The Labute approximate surface area is 154 Å². The summed E-state index contributed by atoms with van der Waals surface area (Å²) in [6, 6.07) is 8.50. The first kappa shape index (κ1) is 7.22. The third-order valence-corrected chi connectivity index (χ3v) is 2.95. The van der Waals surface area contributed by atoms with E-state index in [0.717, 1.165) is 13.2 Å². The minimum Gasteiger partial charge on any atom is -0.497 e. The zero-order valence-electron chi connectivity index (χ0n) is 24.6. The molecule has 23 heavy (non-hydrogen) atoms. The van der Waals surface area contributed by atoms with Gasteiger partial charge in [-0.15, -0.1) is 0 Å². The third-order valence-electron chi connectivity index (χ3n) is 2.95. The molecule has 0 fully saturated rings. The van der Waals surface area contributed by atoms with Crippen LogP contribution in [-0.4, -0.2) is 33.3 Å². The van der Waals surface area contributed by atoms with Crippen LogP contribution in [0.2, 0.25) is 0 Å². The molecule has 0 aliphatic carbocycles. The fourth-order valence-corrected chi connectivity index (χ4v) is 1.85. The minimum atomic E-state index is -3.92. The van der Waals surface area contributed by atoms with Crippen molar-refractivity contribution in [3.8, 4) is 5.75 Å². The molecule has 4 heteroatoms. The molecule has 0 bridgehead atoms. The third kappa shape index (κ3) is 4.70. The normalized spacial score (nSPS) is 24.3. The number of hydrogen-bond acceptors (Lipinski definition) is 4. The number of fused-ring (bicyclic) bond motifs is 1.